The molecule has 4 heterocycles. The summed E-state index contributed by atoms with van der Waals surface area (Å²) < 4.78 is 42.5. The van der Waals surface area contributed by atoms with Gasteiger partial charge in [0.15, 0.2) is 34.8 Å². The van der Waals surface area contributed by atoms with E-state index in [-0.39, 0.29) is 17.3 Å². The Morgan fingerprint density at radius 3 is 2.81 bits per heavy atom. The van der Waals surface area contributed by atoms with Crippen molar-refractivity contribution in [3.8, 4) is 11.5 Å². The number of pyridine rings is 1. The highest BCUT2D eigenvalue weighted by Crippen LogP contribution is 2.36. The number of hydrogen-bond donors (Lipinski definition) is 1. The molecular formula is C32H37F2N7O2. The van der Waals surface area contributed by atoms with Gasteiger partial charge >= 0.3 is 0 Å². The molecule has 43 heavy (non-hydrogen) atoms. The minimum Gasteiger partial charge on any atom is -0.489 e. The highest BCUT2D eigenvalue weighted by atomic mass is 19.1. The summed E-state index contributed by atoms with van der Waals surface area (Å²) in [4.78, 5) is 15.8. The third kappa shape index (κ3) is 6.60. The van der Waals surface area contributed by atoms with Gasteiger partial charge in [0.1, 0.15) is 17.6 Å². The second-order valence-corrected chi connectivity index (χ2v) is 10.7. The first kappa shape index (κ1) is 29.9. The molecule has 1 aromatic carbocycles. The van der Waals surface area contributed by atoms with E-state index >= 15 is 8.78 Å². The van der Waals surface area contributed by atoms with Crippen molar-refractivity contribution in [3.05, 3.63) is 71.5 Å². The second-order valence-electron chi connectivity index (χ2n) is 10.7. The molecule has 0 fully saturated rings. The molecule has 226 valence electrons. The van der Waals surface area contributed by atoms with Crippen LogP contribution in [0.25, 0.3) is 11.0 Å². The van der Waals surface area contributed by atoms with Gasteiger partial charge in [-0.2, -0.15) is 5.10 Å². The lowest BCUT2D eigenvalue weighted by atomic mass is 10.1. The lowest BCUT2D eigenvalue weighted by Gasteiger charge is -2.24. The summed E-state index contributed by atoms with van der Waals surface area (Å²) >= 11 is 0. The Hall–Kier alpha value is -4.54. The van der Waals surface area contributed by atoms with Crippen molar-refractivity contribution in [2.45, 2.75) is 53.9 Å². The Labute approximate surface area is 250 Å². The number of anilines is 3. The highest BCUT2D eigenvalue weighted by Gasteiger charge is 2.24. The zero-order chi connectivity index (χ0) is 30.5. The van der Waals surface area contributed by atoms with Crippen LogP contribution in [-0.2, 0) is 0 Å². The quantitative estimate of drug-likeness (QED) is 0.257. The molecule has 0 spiro atoms. The first-order valence-electron chi connectivity index (χ1n) is 14.7. The minimum absolute atomic E-state index is 0.103. The van der Waals surface area contributed by atoms with Crippen molar-refractivity contribution < 1.29 is 18.3 Å². The molecule has 0 radical (unpaired) electrons. The van der Waals surface area contributed by atoms with Gasteiger partial charge in [0.2, 0.25) is 0 Å². The minimum atomic E-state index is -0.738. The molecule has 0 saturated carbocycles. The van der Waals surface area contributed by atoms with Crippen molar-refractivity contribution >= 4 is 34.6 Å². The molecule has 0 amide bonds. The summed E-state index contributed by atoms with van der Waals surface area (Å²) in [6, 6.07) is 3.90. The number of hydrogen-bond acceptors (Lipinski definition) is 9. The molecule has 2 aliphatic heterocycles. The largest absolute Gasteiger partial charge is 0.489 e. The molecule has 3 aromatic rings. The zero-order valence-electron chi connectivity index (χ0n) is 25.2. The smallest absolute Gasteiger partial charge is 0.172 e. The van der Waals surface area contributed by atoms with Gasteiger partial charge in [-0.25, -0.2) is 28.7 Å². The molecule has 1 N–H and O–H groups in total. The Morgan fingerprint density at radius 1 is 1.21 bits per heavy atom. The van der Waals surface area contributed by atoms with Crippen LogP contribution in [0.3, 0.4) is 0 Å². The van der Waals surface area contributed by atoms with Crippen molar-refractivity contribution in [2.75, 3.05) is 29.9 Å². The molecular weight excluding hydrogens is 552 g/mol. The number of rotatable bonds is 9. The average Bonchev–Trinajstić information content (AvgIpc) is 3.15. The number of unbranched alkanes of at least 4 members (excludes halogenated alkanes) is 1. The van der Waals surface area contributed by atoms with Crippen molar-refractivity contribution in [1.82, 2.24) is 20.0 Å². The Morgan fingerprint density at radius 2 is 2.05 bits per heavy atom. The molecule has 11 heteroatoms. The molecule has 2 aliphatic rings. The summed E-state index contributed by atoms with van der Waals surface area (Å²) in [6.45, 7) is 12.3. The van der Waals surface area contributed by atoms with Gasteiger partial charge < -0.3 is 19.7 Å². The van der Waals surface area contributed by atoms with E-state index in [0.29, 0.717) is 40.9 Å². The van der Waals surface area contributed by atoms with Crippen LogP contribution >= 0.6 is 0 Å². The number of halogens is 2. The van der Waals surface area contributed by atoms with Crippen LogP contribution in [0.15, 0.2) is 65.0 Å². The maximum atomic E-state index is 15.4. The fraction of sp³-hybridized carbons (Fsp3) is 0.375. The van der Waals surface area contributed by atoms with E-state index in [4.69, 9.17) is 14.5 Å². The second kappa shape index (κ2) is 13.2. The SMILES string of the molecule is C/C=N\N1C=CC(Oc2cc(F)c(Nc3ncnc4cc5c(nc34)N(CCCC)CC(C)CO5)cc2F)=C/C1=C(\C)CC. The van der Waals surface area contributed by atoms with E-state index in [1.54, 1.807) is 29.6 Å². The predicted octanol–water partition coefficient (Wildman–Crippen LogP) is 7.46. The van der Waals surface area contributed by atoms with Crippen LogP contribution in [0, 0.1) is 17.6 Å². The fourth-order valence-corrected chi connectivity index (χ4v) is 4.89. The number of allylic oxidation sites excluding steroid dienone is 3. The van der Waals surface area contributed by atoms with Gasteiger partial charge in [0.05, 0.1) is 23.5 Å². The first-order valence-corrected chi connectivity index (χ1v) is 14.7. The van der Waals surface area contributed by atoms with Crippen LogP contribution < -0.4 is 19.7 Å². The molecule has 5 rings (SSSR count). The van der Waals surface area contributed by atoms with Crippen LogP contribution in [0.1, 0.15) is 53.9 Å². The van der Waals surface area contributed by atoms with Crippen LogP contribution in [0.5, 0.6) is 11.5 Å². The lowest BCUT2D eigenvalue weighted by molar-refractivity contribution is 0.273. The maximum Gasteiger partial charge on any atom is 0.172 e. The van der Waals surface area contributed by atoms with E-state index in [1.165, 1.54) is 6.33 Å². The molecule has 1 atom stereocenters. The Kier molecular flexibility index (Phi) is 9.18. The van der Waals surface area contributed by atoms with E-state index < -0.39 is 11.6 Å². The number of nitrogens with zero attached hydrogens (tertiary/aromatic N) is 6. The Bertz CT molecular complexity index is 1620. The third-order valence-corrected chi connectivity index (χ3v) is 7.31. The van der Waals surface area contributed by atoms with Crippen molar-refractivity contribution in [2.24, 2.45) is 11.0 Å². The summed E-state index contributed by atoms with van der Waals surface area (Å²) in [6.07, 6.45) is 11.0. The lowest BCUT2D eigenvalue weighted by Crippen LogP contribution is -2.30. The molecule has 1 unspecified atom stereocenters. The monoisotopic (exact) mass is 589 g/mol. The van der Waals surface area contributed by atoms with Crippen molar-refractivity contribution in [3.63, 3.8) is 0 Å². The van der Waals surface area contributed by atoms with Crippen LogP contribution in [0.4, 0.5) is 26.1 Å². The van der Waals surface area contributed by atoms with Crippen LogP contribution in [-0.4, -0.2) is 45.9 Å². The number of hydrazone groups is 1. The van der Waals surface area contributed by atoms with E-state index in [0.717, 1.165) is 55.8 Å². The van der Waals surface area contributed by atoms with Gasteiger partial charge in [0, 0.05) is 55.7 Å². The van der Waals surface area contributed by atoms with E-state index in [1.807, 2.05) is 26.8 Å². The molecule has 0 saturated heterocycles. The number of benzene rings is 1. The predicted molar refractivity (Wildman–Crippen MR) is 166 cm³/mol. The highest BCUT2D eigenvalue weighted by molar-refractivity contribution is 5.90. The summed E-state index contributed by atoms with van der Waals surface area (Å²) in [5.41, 5.74) is 2.74. The van der Waals surface area contributed by atoms with Crippen LogP contribution in [0.2, 0.25) is 0 Å². The number of aromatic nitrogens is 3. The molecule has 9 nitrogen and oxygen atoms in total. The summed E-state index contributed by atoms with van der Waals surface area (Å²) in [5, 5.41) is 8.96. The van der Waals surface area contributed by atoms with E-state index in [9.17, 15) is 0 Å². The molecule has 0 bridgehead atoms. The maximum absolute atomic E-state index is 15.4. The number of nitrogens with one attached hydrogen (secondary N) is 1. The van der Waals surface area contributed by atoms with E-state index in [2.05, 4.69) is 39.1 Å². The molecule has 0 aliphatic carbocycles. The average molecular weight is 590 g/mol. The van der Waals surface area contributed by atoms with Crippen molar-refractivity contribution in [1.29, 1.82) is 0 Å². The first-order chi connectivity index (χ1) is 20.8. The Balaban J connectivity index is 1.44. The summed E-state index contributed by atoms with van der Waals surface area (Å²) in [7, 11) is 0. The standard InChI is InChI=1S/C32H37F2N7O2/c1-6-9-11-40-17-20(4)18-42-29-16-26-30(39-32(29)40)31(36-19-35-26)38-25-14-24(34)28(15-23(25)33)43-22-10-12-41(37-8-3)27(13-22)21(5)7-2/h8,10,12-16,19-20H,6-7,9,11,17-18H2,1-5H3,(H,35,36,38)/b27-21-,37-8-. The fourth-order valence-electron chi connectivity index (χ4n) is 4.89. The van der Waals surface area contributed by atoms with Gasteiger partial charge in [-0.1, -0.05) is 27.2 Å². The third-order valence-electron chi connectivity index (χ3n) is 7.31. The topological polar surface area (TPSA) is 88.0 Å². The van der Waals surface area contributed by atoms with Gasteiger partial charge in [0.25, 0.3) is 0 Å². The normalized spacial score (nSPS) is 17.9. The van der Waals surface area contributed by atoms with Gasteiger partial charge in [-0.05, 0) is 38.3 Å². The van der Waals surface area contributed by atoms with Gasteiger partial charge in [-0.3, -0.25) is 0 Å². The van der Waals surface area contributed by atoms with Gasteiger partial charge in [-0.15, -0.1) is 0 Å². The summed E-state index contributed by atoms with van der Waals surface area (Å²) in [5.74, 6) is 0.593. The number of ether oxygens (including phenoxy) is 2. The molecule has 2 aromatic heterocycles. The zero-order valence-corrected chi connectivity index (χ0v) is 25.2. The number of fused-ring (bicyclic) bond motifs is 2.